The number of benzene rings is 1. The van der Waals surface area contributed by atoms with Crippen LogP contribution in [-0.2, 0) is 14.3 Å². The number of anilines is 1. The number of nitrogens with zero attached hydrogens (tertiary/aromatic N) is 2. The molecule has 1 atom stereocenters. The van der Waals surface area contributed by atoms with E-state index >= 15 is 0 Å². The molecule has 0 radical (unpaired) electrons. The van der Waals surface area contributed by atoms with Gasteiger partial charge in [-0.25, -0.2) is 0 Å². The molecule has 6 nitrogen and oxygen atoms in total. The maximum atomic E-state index is 13.1. The van der Waals surface area contributed by atoms with Crippen LogP contribution in [-0.4, -0.2) is 54.8 Å². The second-order valence-electron chi connectivity index (χ2n) is 7.29. The van der Waals surface area contributed by atoms with Crippen molar-refractivity contribution in [2.75, 3.05) is 31.2 Å². The van der Waals surface area contributed by atoms with Crippen LogP contribution in [0.1, 0.15) is 37.6 Å². The van der Waals surface area contributed by atoms with Crippen molar-refractivity contribution in [1.29, 1.82) is 0 Å². The molecule has 2 fully saturated rings. The highest BCUT2D eigenvalue weighted by Gasteiger charge is 2.50. The fraction of sp³-hybridized carbons (Fsp3) is 0.526. The van der Waals surface area contributed by atoms with Gasteiger partial charge in [0.15, 0.2) is 5.78 Å². The molecule has 1 unspecified atom stereocenters. The molecule has 0 bridgehead atoms. The van der Waals surface area contributed by atoms with E-state index in [0.717, 1.165) is 0 Å². The highest BCUT2D eigenvalue weighted by Crippen LogP contribution is 2.40. The predicted octanol–water partition coefficient (Wildman–Crippen LogP) is 1.88. The Kier molecular flexibility index (Phi) is 4.64. The molecule has 6 heteroatoms. The molecule has 25 heavy (non-hydrogen) atoms. The SMILES string of the molecule is CC(=O)c1ccccc1N1C(=O)C(C)(C)CC1C(=O)N1CCOCC1. The quantitative estimate of drug-likeness (QED) is 0.785. The van der Waals surface area contributed by atoms with Gasteiger partial charge in [0.1, 0.15) is 6.04 Å². The summed E-state index contributed by atoms with van der Waals surface area (Å²) in [6, 6.07) is 6.42. The van der Waals surface area contributed by atoms with E-state index in [4.69, 9.17) is 4.74 Å². The van der Waals surface area contributed by atoms with Gasteiger partial charge in [-0.3, -0.25) is 19.3 Å². The Balaban J connectivity index is 2.00. The maximum absolute atomic E-state index is 13.1. The number of hydrogen-bond acceptors (Lipinski definition) is 4. The van der Waals surface area contributed by atoms with E-state index in [-0.39, 0.29) is 17.6 Å². The van der Waals surface area contributed by atoms with Crippen LogP contribution in [0.5, 0.6) is 0 Å². The van der Waals surface area contributed by atoms with Crippen LogP contribution < -0.4 is 4.90 Å². The number of rotatable bonds is 3. The van der Waals surface area contributed by atoms with Crippen LogP contribution in [0.15, 0.2) is 24.3 Å². The second kappa shape index (κ2) is 6.59. The molecular formula is C19H24N2O4. The molecular weight excluding hydrogens is 320 g/mol. The van der Waals surface area contributed by atoms with Crippen molar-refractivity contribution < 1.29 is 19.1 Å². The average Bonchev–Trinajstić information content (AvgIpc) is 2.85. The summed E-state index contributed by atoms with van der Waals surface area (Å²) in [5.41, 5.74) is 0.349. The number of hydrogen-bond donors (Lipinski definition) is 0. The molecule has 134 valence electrons. The summed E-state index contributed by atoms with van der Waals surface area (Å²) < 4.78 is 5.32. The van der Waals surface area contributed by atoms with Crippen LogP contribution in [0.4, 0.5) is 5.69 Å². The van der Waals surface area contributed by atoms with Gasteiger partial charge in [0.05, 0.1) is 18.9 Å². The van der Waals surface area contributed by atoms with Crippen molar-refractivity contribution in [3.63, 3.8) is 0 Å². The molecule has 0 saturated carbocycles. The fourth-order valence-corrected chi connectivity index (χ4v) is 3.58. The molecule has 2 heterocycles. The molecule has 2 aliphatic heterocycles. The van der Waals surface area contributed by atoms with Gasteiger partial charge in [-0.2, -0.15) is 0 Å². The number of ketones is 1. The number of amides is 2. The molecule has 0 N–H and O–H groups in total. The van der Waals surface area contributed by atoms with E-state index in [9.17, 15) is 14.4 Å². The van der Waals surface area contributed by atoms with E-state index in [0.29, 0.717) is 44.0 Å². The Labute approximate surface area is 147 Å². The molecule has 2 aliphatic rings. The Morgan fingerprint density at radius 2 is 1.80 bits per heavy atom. The zero-order chi connectivity index (χ0) is 18.2. The van der Waals surface area contributed by atoms with Crippen LogP contribution in [0.25, 0.3) is 0 Å². The van der Waals surface area contributed by atoms with Crippen molar-refractivity contribution in [1.82, 2.24) is 4.90 Å². The Morgan fingerprint density at radius 1 is 1.16 bits per heavy atom. The van der Waals surface area contributed by atoms with Gasteiger partial charge in [-0.15, -0.1) is 0 Å². The van der Waals surface area contributed by atoms with Gasteiger partial charge in [0.25, 0.3) is 0 Å². The summed E-state index contributed by atoms with van der Waals surface area (Å²) in [5.74, 6) is -0.306. The number of carbonyl (C=O) groups excluding carboxylic acids is 3. The first-order chi connectivity index (χ1) is 11.8. The first-order valence-electron chi connectivity index (χ1n) is 8.63. The highest BCUT2D eigenvalue weighted by atomic mass is 16.5. The summed E-state index contributed by atoms with van der Waals surface area (Å²) in [5, 5.41) is 0. The second-order valence-corrected chi connectivity index (χ2v) is 7.29. The van der Waals surface area contributed by atoms with Gasteiger partial charge in [-0.05, 0) is 25.5 Å². The van der Waals surface area contributed by atoms with Crippen molar-refractivity contribution in [3.05, 3.63) is 29.8 Å². The Hall–Kier alpha value is -2.21. The lowest BCUT2D eigenvalue weighted by molar-refractivity contribution is -0.137. The van der Waals surface area contributed by atoms with Crippen LogP contribution in [0.2, 0.25) is 0 Å². The van der Waals surface area contributed by atoms with E-state index in [2.05, 4.69) is 0 Å². The third-order valence-electron chi connectivity index (χ3n) is 4.96. The number of carbonyl (C=O) groups is 3. The normalized spacial score (nSPS) is 23.0. The molecule has 2 saturated heterocycles. The minimum atomic E-state index is -0.642. The average molecular weight is 344 g/mol. The predicted molar refractivity (Wildman–Crippen MR) is 93.5 cm³/mol. The van der Waals surface area contributed by atoms with Gasteiger partial charge < -0.3 is 9.64 Å². The van der Waals surface area contributed by atoms with Crippen LogP contribution >= 0.6 is 0 Å². The summed E-state index contributed by atoms with van der Waals surface area (Å²) in [6.07, 6.45) is 0.439. The highest BCUT2D eigenvalue weighted by molar-refractivity contribution is 6.11. The van der Waals surface area contributed by atoms with Gasteiger partial charge in [-0.1, -0.05) is 26.0 Å². The third-order valence-corrected chi connectivity index (χ3v) is 4.96. The monoisotopic (exact) mass is 344 g/mol. The standard InChI is InChI=1S/C19H24N2O4/c1-13(22)14-6-4-5-7-15(14)21-16(12-19(2,3)18(21)24)17(23)20-8-10-25-11-9-20/h4-7,16H,8-12H2,1-3H3. The first-order valence-corrected chi connectivity index (χ1v) is 8.63. The van der Waals surface area contributed by atoms with Crippen molar-refractivity contribution in [2.24, 2.45) is 5.41 Å². The fourth-order valence-electron chi connectivity index (χ4n) is 3.58. The Morgan fingerprint density at radius 3 is 2.44 bits per heavy atom. The lowest BCUT2D eigenvalue weighted by Gasteiger charge is -2.33. The molecule has 1 aromatic carbocycles. The maximum Gasteiger partial charge on any atom is 0.245 e. The third kappa shape index (κ3) is 3.18. The van der Waals surface area contributed by atoms with Gasteiger partial charge in [0, 0.05) is 24.1 Å². The van der Waals surface area contributed by atoms with E-state index in [1.165, 1.54) is 11.8 Å². The topological polar surface area (TPSA) is 66.9 Å². The minimum absolute atomic E-state index is 0.0689. The van der Waals surface area contributed by atoms with Crippen molar-refractivity contribution in [3.8, 4) is 0 Å². The van der Waals surface area contributed by atoms with Crippen LogP contribution in [0.3, 0.4) is 0 Å². The van der Waals surface area contributed by atoms with Crippen LogP contribution in [0, 0.1) is 5.41 Å². The molecule has 0 aromatic heterocycles. The van der Waals surface area contributed by atoms with Crippen molar-refractivity contribution in [2.45, 2.75) is 33.2 Å². The minimum Gasteiger partial charge on any atom is -0.378 e. The zero-order valence-electron chi connectivity index (χ0n) is 14.9. The zero-order valence-corrected chi connectivity index (χ0v) is 14.9. The molecule has 3 rings (SSSR count). The summed E-state index contributed by atoms with van der Waals surface area (Å²) >= 11 is 0. The van der Waals surface area contributed by atoms with Gasteiger partial charge in [0.2, 0.25) is 11.8 Å². The summed E-state index contributed by atoms with van der Waals surface area (Å²) in [7, 11) is 0. The van der Waals surface area contributed by atoms with E-state index in [1.54, 1.807) is 29.2 Å². The number of Topliss-reactive ketones (excluding diaryl/α,β-unsaturated/α-hetero) is 1. The smallest absolute Gasteiger partial charge is 0.245 e. The molecule has 0 spiro atoms. The number of ether oxygens (including phenoxy) is 1. The van der Waals surface area contributed by atoms with Gasteiger partial charge >= 0.3 is 0 Å². The molecule has 2 amide bonds. The van der Waals surface area contributed by atoms with E-state index in [1.807, 2.05) is 13.8 Å². The lowest BCUT2D eigenvalue weighted by atomic mass is 9.89. The Bertz CT molecular complexity index is 707. The first kappa shape index (κ1) is 17.6. The summed E-state index contributed by atoms with van der Waals surface area (Å²) in [6.45, 7) is 7.28. The number of para-hydroxylation sites is 1. The van der Waals surface area contributed by atoms with Crippen molar-refractivity contribution >= 4 is 23.3 Å². The number of morpholine rings is 1. The lowest BCUT2D eigenvalue weighted by Crippen LogP contribution is -2.50. The van der Waals surface area contributed by atoms with E-state index < -0.39 is 11.5 Å². The molecule has 1 aromatic rings. The summed E-state index contributed by atoms with van der Waals surface area (Å²) in [4.78, 5) is 41.4. The largest absolute Gasteiger partial charge is 0.378 e. The molecule has 0 aliphatic carbocycles.